The van der Waals surface area contributed by atoms with Crippen molar-refractivity contribution in [2.24, 2.45) is 5.41 Å². The molecule has 2 N–H and O–H groups in total. The van der Waals surface area contributed by atoms with Crippen LogP contribution in [0.15, 0.2) is 60.7 Å². The third-order valence-corrected chi connectivity index (χ3v) is 6.06. The van der Waals surface area contributed by atoms with Gasteiger partial charge in [0.1, 0.15) is 12.4 Å². The Hall–Kier alpha value is -1.83. The van der Waals surface area contributed by atoms with Gasteiger partial charge in [0.2, 0.25) is 5.91 Å². The number of ether oxygens (including phenoxy) is 1. The predicted octanol–water partition coefficient (Wildman–Crippen LogP) is 2.38. The molecule has 2 aliphatic rings. The Morgan fingerprint density at radius 2 is 1.55 bits per heavy atom. The summed E-state index contributed by atoms with van der Waals surface area (Å²) in [5.74, 6) is 0.944. The molecule has 1 amide bonds. The van der Waals surface area contributed by atoms with Gasteiger partial charge in [0, 0.05) is 39.3 Å². The number of para-hydroxylation sites is 1. The summed E-state index contributed by atoms with van der Waals surface area (Å²) in [6, 6.07) is 20.4. The molecule has 2 saturated heterocycles. The highest BCUT2D eigenvalue weighted by Crippen LogP contribution is 2.28. The highest BCUT2D eigenvalue weighted by atomic mass is 35.5. The van der Waals surface area contributed by atoms with Gasteiger partial charge in [-0.1, -0.05) is 48.5 Å². The van der Waals surface area contributed by atoms with Crippen LogP contribution in [0.25, 0.3) is 0 Å². The monoisotopic (exact) mass is 467 g/mol. The van der Waals surface area contributed by atoms with Crippen LogP contribution in [0.5, 0.6) is 5.75 Å². The van der Waals surface area contributed by atoms with E-state index >= 15 is 0 Å². The zero-order chi connectivity index (χ0) is 20.1. The van der Waals surface area contributed by atoms with E-state index in [2.05, 4.69) is 34.5 Å². The minimum Gasteiger partial charge on any atom is -0.492 e. The molecular weight excluding hydrogens is 437 g/mol. The van der Waals surface area contributed by atoms with Crippen molar-refractivity contribution in [2.45, 2.75) is 6.04 Å². The van der Waals surface area contributed by atoms with Gasteiger partial charge in [0.05, 0.1) is 18.1 Å². The van der Waals surface area contributed by atoms with Gasteiger partial charge in [-0.25, -0.2) is 0 Å². The van der Waals surface area contributed by atoms with Crippen molar-refractivity contribution in [2.75, 3.05) is 52.5 Å². The Bertz CT molecular complexity index is 793. The number of carbonyl (C=O) groups is 1. The molecule has 4 rings (SSSR count). The van der Waals surface area contributed by atoms with Crippen LogP contribution in [0, 0.1) is 5.41 Å². The maximum atomic E-state index is 12.9. The van der Waals surface area contributed by atoms with E-state index in [9.17, 15) is 9.90 Å². The summed E-state index contributed by atoms with van der Waals surface area (Å²) in [5, 5.41) is 12.8. The zero-order valence-corrected chi connectivity index (χ0v) is 19.1. The molecule has 2 aliphatic heterocycles. The molecule has 2 aromatic carbocycles. The molecule has 2 heterocycles. The van der Waals surface area contributed by atoms with Crippen molar-refractivity contribution in [3.8, 4) is 5.75 Å². The SMILES string of the molecule is Cl.Cl.O=C(N1CCN(C(COc2ccccc2)c2ccccc2)CC1)C1(CO)CNC1. The van der Waals surface area contributed by atoms with Gasteiger partial charge in [-0.3, -0.25) is 9.69 Å². The summed E-state index contributed by atoms with van der Waals surface area (Å²) in [6.45, 7) is 4.55. The summed E-state index contributed by atoms with van der Waals surface area (Å²) in [6.07, 6.45) is 0. The molecule has 2 aromatic rings. The molecule has 31 heavy (non-hydrogen) atoms. The number of nitrogens with zero attached hydrogens (tertiary/aromatic N) is 2. The molecule has 1 atom stereocenters. The van der Waals surface area contributed by atoms with E-state index in [0.717, 1.165) is 18.8 Å². The van der Waals surface area contributed by atoms with Crippen LogP contribution in [0.4, 0.5) is 0 Å². The second kappa shape index (κ2) is 11.7. The van der Waals surface area contributed by atoms with Crippen LogP contribution in [0.1, 0.15) is 11.6 Å². The third-order valence-electron chi connectivity index (χ3n) is 6.06. The number of aliphatic hydroxyl groups excluding tert-OH is 1. The van der Waals surface area contributed by atoms with E-state index in [-0.39, 0.29) is 43.4 Å². The van der Waals surface area contributed by atoms with Crippen LogP contribution in [-0.4, -0.2) is 73.3 Å². The number of benzene rings is 2. The number of rotatable bonds is 7. The Labute approximate surface area is 196 Å². The highest BCUT2D eigenvalue weighted by Gasteiger charge is 2.46. The lowest BCUT2D eigenvalue weighted by atomic mass is 9.81. The van der Waals surface area contributed by atoms with Crippen LogP contribution >= 0.6 is 24.8 Å². The average Bonchev–Trinajstić information content (AvgIpc) is 2.75. The van der Waals surface area contributed by atoms with Gasteiger partial charge in [0.15, 0.2) is 0 Å². The van der Waals surface area contributed by atoms with Crippen molar-refractivity contribution in [3.05, 3.63) is 66.2 Å². The van der Waals surface area contributed by atoms with Crippen LogP contribution in [0.2, 0.25) is 0 Å². The summed E-state index contributed by atoms with van der Waals surface area (Å²) in [7, 11) is 0. The Kier molecular flexibility index (Phi) is 9.59. The number of nitrogens with one attached hydrogen (secondary N) is 1. The predicted molar refractivity (Wildman–Crippen MR) is 126 cm³/mol. The lowest BCUT2D eigenvalue weighted by Gasteiger charge is -2.46. The molecule has 6 nitrogen and oxygen atoms in total. The Morgan fingerprint density at radius 1 is 0.968 bits per heavy atom. The smallest absolute Gasteiger partial charge is 0.233 e. The molecular formula is C23H31Cl2N3O3. The van der Waals surface area contributed by atoms with E-state index in [4.69, 9.17) is 4.74 Å². The number of halogens is 2. The van der Waals surface area contributed by atoms with Crippen molar-refractivity contribution in [1.82, 2.24) is 15.1 Å². The zero-order valence-electron chi connectivity index (χ0n) is 17.5. The number of hydrogen-bond donors (Lipinski definition) is 2. The second-order valence-corrected chi connectivity index (χ2v) is 7.92. The maximum absolute atomic E-state index is 12.9. The van der Waals surface area contributed by atoms with E-state index in [1.54, 1.807) is 0 Å². The van der Waals surface area contributed by atoms with E-state index in [1.807, 2.05) is 41.3 Å². The third kappa shape index (κ3) is 5.70. The van der Waals surface area contributed by atoms with Crippen molar-refractivity contribution < 1.29 is 14.6 Å². The lowest BCUT2D eigenvalue weighted by molar-refractivity contribution is -0.150. The molecule has 170 valence electrons. The second-order valence-electron chi connectivity index (χ2n) is 7.92. The Morgan fingerprint density at radius 3 is 2.06 bits per heavy atom. The summed E-state index contributed by atoms with van der Waals surface area (Å²) in [5.41, 5.74) is 0.607. The normalized spacial score (nSPS) is 18.7. The van der Waals surface area contributed by atoms with Gasteiger partial charge in [-0.05, 0) is 17.7 Å². The van der Waals surface area contributed by atoms with E-state index in [0.29, 0.717) is 32.8 Å². The van der Waals surface area contributed by atoms with Gasteiger partial charge < -0.3 is 20.1 Å². The molecule has 0 aromatic heterocycles. The van der Waals surface area contributed by atoms with Crippen molar-refractivity contribution in [1.29, 1.82) is 0 Å². The number of aliphatic hydroxyl groups is 1. The standard InChI is InChI=1S/C23H29N3O3.2ClH/c27-18-23(16-24-17-23)22(28)26-13-11-25(12-14-26)21(19-7-3-1-4-8-19)15-29-20-9-5-2-6-10-20;;/h1-10,21,24,27H,11-18H2;2*1H. The molecule has 0 spiro atoms. The largest absolute Gasteiger partial charge is 0.492 e. The molecule has 2 fully saturated rings. The maximum Gasteiger partial charge on any atom is 0.233 e. The van der Waals surface area contributed by atoms with Crippen molar-refractivity contribution >= 4 is 30.7 Å². The minimum absolute atomic E-state index is 0. The molecule has 0 aliphatic carbocycles. The fraction of sp³-hybridized carbons (Fsp3) is 0.435. The summed E-state index contributed by atoms with van der Waals surface area (Å²) < 4.78 is 6.08. The molecule has 8 heteroatoms. The number of hydrogen-bond acceptors (Lipinski definition) is 5. The van der Waals surface area contributed by atoms with Crippen LogP contribution in [-0.2, 0) is 4.79 Å². The first kappa shape index (κ1) is 25.4. The first-order chi connectivity index (χ1) is 14.2. The summed E-state index contributed by atoms with van der Waals surface area (Å²) in [4.78, 5) is 17.2. The summed E-state index contributed by atoms with van der Waals surface area (Å²) >= 11 is 0. The van der Waals surface area contributed by atoms with Crippen molar-refractivity contribution in [3.63, 3.8) is 0 Å². The number of carbonyl (C=O) groups excluding carboxylic acids is 1. The van der Waals surface area contributed by atoms with E-state index in [1.165, 1.54) is 5.56 Å². The van der Waals surface area contributed by atoms with Gasteiger partial charge in [-0.2, -0.15) is 0 Å². The van der Waals surface area contributed by atoms with Gasteiger partial charge >= 0.3 is 0 Å². The van der Waals surface area contributed by atoms with Gasteiger partial charge in [0.25, 0.3) is 0 Å². The molecule has 0 saturated carbocycles. The lowest BCUT2D eigenvalue weighted by Crippen LogP contribution is -2.65. The number of piperazine rings is 1. The topological polar surface area (TPSA) is 65.0 Å². The molecule has 1 unspecified atom stereocenters. The fourth-order valence-electron chi connectivity index (χ4n) is 4.11. The average molecular weight is 468 g/mol. The van der Waals surface area contributed by atoms with Gasteiger partial charge in [-0.15, -0.1) is 24.8 Å². The number of amides is 1. The highest BCUT2D eigenvalue weighted by molar-refractivity contribution is 5.86. The minimum atomic E-state index is -0.614. The first-order valence-corrected chi connectivity index (χ1v) is 10.3. The first-order valence-electron chi connectivity index (χ1n) is 10.3. The van der Waals surface area contributed by atoms with Crippen LogP contribution in [0.3, 0.4) is 0 Å². The fourth-order valence-corrected chi connectivity index (χ4v) is 4.11. The van der Waals surface area contributed by atoms with Crippen LogP contribution < -0.4 is 10.1 Å². The quantitative estimate of drug-likeness (QED) is 0.654. The van der Waals surface area contributed by atoms with E-state index < -0.39 is 5.41 Å². The Balaban J connectivity index is 0.00000171. The molecule has 0 bridgehead atoms. The molecule has 0 radical (unpaired) electrons.